The van der Waals surface area contributed by atoms with Gasteiger partial charge in [0.1, 0.15) is 29.9 Å². The second-order valence-electron chi connectivity index (χ2n) is 9.90. The Balaban J connectivity index is 1.37. The minimum absolute atomic E-state index is 0.0640. The van der Waals surface area contributed by atoms with Gasteiger partial charge in [-0.25, -0.2) is 13.2 Å². The number of fused-ring (bicyclic) bond motifs is 3. The van der Waals surface area contributed by atoms with E-state index in [9.17, 15) is 22.8 Å². The van der Waals surface area contributed by atoms with E-state index in [-0.39, 0.29) is 23.8 Å². The van der Waals surface area contributed by atoms with Crippen LogP contribution in [0.4, 0.5) is 13.2 Å². The van der Waals surface area contributed by atoms with Crippen LogP contribution in [-0.2, 0) is 9.53 Å². The average Bonchev–Trinajstić information content (AvgIpc) is 2.87. The SMILES string of the molecule is O=C(C[N+]12CCC(CC1)C(C(=O)OC(c1cccc(F)c1)c1cccc(F)c1)C2)c1ccccc1F. The van der Waals surface area contributed by atoms with Gasteiger partial charge in [-0.05, 0) is 53.4 Å². The summed E-state index contributed by atoms with van der Waals surface area (Å²) in [5.74, 6) is -2.58. The lowest BCUT2D eigenvalue weighted by molar-refractivity contribution is -0.938. The fraction of sp³-hybridized carbons (Fsp3) is 0.310. The fourth-order valence-corrected chi connectivity index (χ4v) is 5.73. The molecule has 0 spiro atoms. The number of nitrogens with zero attached hydrogens (tertiary/aromatic N) is 1. The van der Waals surface area contributed by atoms with Gasteiger partial charge in [-0.2, -0.15) is 0 Å². The third kappa shape index (κ3) is 4.93. The van der Waals surface area contributed by atoms with E-state index in [1.54, 1.807) is 24.3 Å². The number of carbonyl (C=O) groups excluding carboxylic acids is 2. The normalized spacial score (nSPS) is 23.0. The van der Waals surface area contributed by atoms with Crippen LogP contribution in [0, 0.1) is 29.3 Å². The number of ketones is 1. The molecule has 3 aromatic carbocycles. The number of benzene rings is 3. The smallest absolute Gasteiger partial charge is 0.315 e. The highest BCUT2D eigenvalue weighted by Crippen LogP contribution is 2.40. The summed E-state index contributed by atoms with van der Waals surface area (Å²) in [6, 6.07) is 17.4. The van der Waals surface area contributed by atoms with Crippen LogP contribution < -0.4 is 0 Å². The highest BCUT2D eigenvalue weighted by Gasteiger charge is 2.50. The molecule has 3 aliphatic heterocycles. The molecule has 4 nitrogen and oxygen atoms in total. The Kier molecular flexibility index (Phi) is 6.67. The van der Waals surface area contributed by atoms with Crippen molar-refractivity contribution in [3.8, 4) is 0 Å². The number of ether oxygens (including phenoxy) is 1. The number of Topliss-reactive ketones (excluding diaryl/α,β-unsaturated/α-hetero) is 1. The molecule has 3 saturated heterocycles. The summed E-state index contributed by atoms with van der Waals surface area (Å²) in [7, 11) is 0. The van der Waals surface area contributed by atoms with Gasteiger partial charge in [0.2, 0.25) is 5.78 Å². The Morgan fingerprint density at radius 3 is 2.06 bits per heavy atom. The zero-order valence-corrected chi connectivity index (χ0v) is 19.7. The largest absolute Gasteiger partial charge is 0.452 e. The molecule has 0 amide bonds. The predicted molar refractivity (Wildman–Crippen MR) is 127 cm³/mol. The quantitative estimate of drug-likeness (QED) is 0.248. The van der Waals surface area contributed by atoms with E-state index in [1.165, 1.54) is 48.5 Å². The van der Waals surface area contributed by atoms with Gasteiger partial charge in [-0.1, -0.05) is 36.4 Å². The van der Waals surface area contributed by atoms with Crippen LogP contribution in [0.3, 0.4) is 0 Å². The van der Waals surface area contributed by atoms with Crippen molar-refractivity contribution in [2.75, 3.05) is 26.2 Å². The van der Waals surface area contributed by atoms with E-state index >= 15 is 0 Å². The number of quaternary nitrogens is 1. The zero-order chi connectivity index (χ0) is 25.3. The topological polar surface area (TPSA) is 43.4 Å². The predicted octanol–water partition coefficient (Wildman–Crippen LogP) is 5.48. The molecular formula is C29H27F3NO3+. The van der Waals surface area contributed by atoms with Crippen molar-refractivity contribution in [2.45, 2.75) is 18.9 Å². The maximum atomic E-state index is 14.2. The molecule has 2 bridgehead atoms. The van der Waals surface area contributed by atoms with Crippen LogP contribution in [0.2, 0.25) is 0 Å². The van der Waals surface area contributed by atoms with Gasteiger partial charge >= 0.3 is 5.97 Å². The van der Waals surface area contributed by atoms with Gasteiger partial charge in [0.05, 0.1) is 25.2 Å². The molecule has 0 radical (unpaired) electrons. The summed E-state index contributed by atoms with van der Waals surface area (Å²) in [6.45, 7) is 2.02. The molecule has 3 aromatic rings. The first kappa shape index (κ1) is 24.3. The van der Waals surface area contributed by atoms with E-state index in [0.29, 0.717) is 22.2 Å². The van der Waals surface area contributed by atoms with Crippen molar-refractivity contribution in [3.05, 3.63) is 107 Å². The second-order valence-corrected chi connectivity index (χ2v) is 9.90. The summed E-state index contributed by atoms with van der Waals surface area (Å²) in [6.07, 6.45) is 0.553. The number of rotatable bonds is 7. The van der Waals surface area contributed by atoms with Gasteiger partial charge in [0.15, 0.2) is 6.10 Å². The monoisotopic (exact) mass is 494 g/mol. The Bertz CT molecular complexity index is 1240. The maximum absolute atomic E-state index is 14.2. The third-order valence-electron chi connectivity index (χ3n) is 7.59. The Morgan fingerprint density at radius 1 is 0.861 bits per heavy atom. The summed E-state index contributed by atoms with van der Waals surface area (Å²) in [5, 5.41) is 0. The molecule has 0 aromatic heterocycles. The number of esters is 1. The van der Waals surface area contributed by atoms with Gasteiger partial charge < -0.3 is 9.22 Å². The van der Waals surface area contributed by atoms with Crippen LogP contribution in [0.5, 0.6) is 0 Å². The van der Waals surface area contributed by atoms with Crippen molar-refractivity contribution >= 4 is 11.8 Å². The van der Waals surface area contributed by atoms with Gasteiger partial charge in [0.25, 0.3) is 0 Å². The summed E-state index contributed by atoms with van der Waals surface area (Å²) in [4.78, 5) is 26.5. The molecule has 1 atom stereocenters. The number of carbonyl (C=O) groups is 2. The van der Waals surface area contributed by atoms with E-state index < -0.39 is 35.4 Å². The second kappa shape index (κ2) is 9.90. The lowest BCUT2D eigenvalue weighted by Crippen LogP contribution is -2.64. The summed E-state index contributed by atoms with van der Waals surface area (Å²) in [5.41, 5.74) is 0.886. The summed E-state index contributed by atoms with van der Waals surface area (Å²) >= 11 is 0. The molecule has 7 heteroatoms. The number of hydrogen-bond acceptors (Lipinski definition) is 3. The molecule has 6 rings (SSSR count). The third-order valence-corrected chi connectivity index (χ3v) is 7.59. The van der Waals surface area contributed by atoms with E-state index in [4.69, 9.17) is 4.74 Å². The van der Waals surface area contributed by atoms with Crippen molar-refractivity contribution in [2.24, 2.45) is 11.8 Å². The number of halogens is 3. The van der Waals surface area contributed by atoms with E-state index in [1.807, 2.05) is 0 Å². The molecule has 3 fully saturated rings. The van der Waals surface area contributed by atoms with Crippen molar-refractivity contribution in [3.63, 3.8) is 0 Å². The van der Waals surface area contributed by atoms with Crippen LogP contribution >= 0.6 is 0 Å². The Morgan fingerprint density at radius 2 is 1.47 bits per heavy atom. The van der Waals surface area contributed by atoms with Gasteiger partial charge in [-0.15, -0.1) is 0 Å². The van der Waals surface area contributed by atoms with E-state index in [0.717, 1.165) is 25.9 Å². The number of hydrogen-bond donors (Lipinski definition) is 0. The van der Waals surface area contributed by atoms with Crippen molar-refractivity contribution < 1.29 is 32.0 Å². The number of piperidine rings is 3. The molecule has 1 unspecified atom stereocenters. The fourth-order valence-electron chi connectivity index (χ4n) is 5.73. The molecule has 0 saturated carbocycles. The molecule has 0 N–H and O–H groups in total. The Hall–Kier alpha value is -3.45. The lowest BCUT2D eigenvalue weighted by Gasteiger charge is -2.51. The first-order valence-corrected chi connectivity index (χ1v) is 12.2. The van der Waals surface area contributed by atoms with Gasteiger partial charge in [0, 0.05) is 12.8 Å². The minimum atomic E-state index is -0.965. The lowest BCUT2D eigenvalue weighted by atomic mass is 9.76. The molecule has 3 aliphatic rings. The van der Waals surface area contributed by atoms with Crippen molar-refractivity contribution in [1.82, 2.24) is 0 Å². The summed E-state index contributed by atoms with van der Waals surface area (Å²) < 4.78 is 48.6. The minimum Gasteiger partial charge on any atom is -0.452 e. The Labute approximate surface area is 207 Å². The molecule has 36 heavy (non-hydrogen) atoms. The van der Waals surface area contributed by atoms with Crippen LogP contribution in [0.25, 0.3) is 0 Å². The molecule has 186 valence electrons. The van der Waals surface area contributed by atoms with Crippen LogP contribution in [-0.4, -0.2) is 42.4 Å². The standard InChI is InChI=1S/C29H27F3NO3/c30-22-7-3-5-20(15-22)28(21-6-4-8-23(31)16-21)36-29(35)25-17-33(13-11-19(25)12-14-33)18-27(34)24-9-1-2-10-26(24)32/h1-10,15-16,19,25,28H,11-14,17-18H2/q+1. The first-order chi connectivity index (χ1) is 17.3. The molecular weight excluding hydrogens is 467 g/mol. The van der Waals surface area contributed by atoms with Crippen LogP contribution in [0.15, 0.2) is 72.8 Å². The van der Waals surface area contributed by atoms with Crippen LogP contribution in [0.1, 0.15) is 40.4 Å². The maximum Gasteiger partial charge on any atom is 0.315 e. The first-order valence-electron chi connectivity index (χ1n) is 12.2. The highest BCUT2D eigenvalue weighted by atomic mass is 19.1. The average molecular weight is 495 g/mol. The van der Waals surface area contributed by atoms with Gasteiger partial charge in [-0.3, -0.25) is 9.59 Å². The molecule has 3 heterocycles. The molecule has 0 aliphatic carbocycles. The zero-order valence-electron chi connectivity index (χ0n) is 19.7. The van der Waals surface area contributed by atoms with Crippen molar-refractivity contribution in [1.29, 1.82) is 0 Å². The highest BCUT2D eigenvalue weighted by molar-refractivity contribution is 5.97. The van der Waals surface area contributed by atoms with E-state index in [2.05, 4.69) is 0 Å².